The summed E-state index contributed by atoms with van der Waals surface area (Å²) in [6.07, 6.45) is 0.505. The van der Waals surface area contributed by atoms with Crippen molar-refractivity contribution < 1.29 is 27.5 Å². The van der Waals surface area contributed by atoms with Gasteiger partial charge in [-0.15, -0.1) is 0 Å². The maximum Gasteiger partial charge on any atom is 0.408 e. The Morgan fingerprint density at radius 2 is 1.78 bits per heavy atom. The van der Waals surface area contributed by atoms with E-state index in [1.54, 1.807) is 34.6 Å². The number of aliphatic imine (C=N–C) groups is 1. The van der Waals surface area contributed by atoms with Crippen LogP contribution in [0.15, 0.2) is 9.89 Å². The molecule has 1 aliphatic heterocycles. The predicted octanol–water partition coefficient (Wildman–Crippen LogP) is 2.34. The van der Waals surface area contributed by atoms with Gasteiger partial charge in [0, 0.05) is 25.6 Å². The van der Waals surface area contributed by atoms with Gasteiger partial charge in [-0.05, 0) is 84.9 Å². The van der Waals surface area contributed by atoms with Crippen LogP contribution in [0.2, 0.25) is 0 Å². The summed E-state index contributed by atoms with van der Waals surface area (Å²) in [5.41, 5.74) is 7.67. The van der Waals surface area contributed by atoms with Crippen LogP contribution < -0.4 is 25.8 Å². The number of carbonyl (C=O) groups is 2. The molecule has 0 saturated heterocycles. The van der Waals surface area contributed by atoms with E-state index < -0.39 is 33.4 Å². The van der Waals surface area contributed by atoms with E-state index in [-0.39, 0.29) is 29.7 Å². The normalized spacial score (nSPS) is 15.9. The van der Waals surface area contributed by atoms with Crippen LogP contribution in [-0.4, -0.2) is 57.2 Å². The van der Waals surface area contributed by atoms with E-state index in [4.69, 9.17) is 15.2 Å². The average molecular weight is 540 g/mol. The Hall–Kier alpha value is -3.02. The topological polar surface area (TPSA) is 161 Å². The van der Waals surface area contributed by atoms with Crippen molar-refractivity contribution in [2.24, 2.45) is 10.7 Å². The molecule has 1 aromatic rings. The number of nitrogens with two attached hydrogens (primary N) is 1. The second kappa shape index (κ2) is 11.2. The molecule has 0 radical (unpaired) electrons. The molecule has 5 N–H and O–H groups in total. The minimum absolute atomic E-state index is 0.140. The number of nitrogens with zero attached hydrogens (tertiary/aromatic N) is 1. The lowest BCUT2D eigenvalue weighted by Crippen LogP contribution is -2.47. The summed E-state index contributed by atoms with van der Waals surface area (Å²) >= 11 is 0. The Balaban J connectivity index is 2.09. The molecule has 0 aliphatic carbocycles. The van der Waals surface area contributed by atoms with Crippen molar-refractivity contribution in [3.8, 4) is 5.75 Å². The fourth-order valence-corrected chi connectivity index (χ4v) is 5.78. The standard InChI is InChI=1S/C25H41N5O6S/c1-14-15(2)20(16(3)17-13-25(7,8)35-19(14)17)37(33,34)30-22(26)28-12-10-11-18(21(31)27-9)29-23(32)36-24(4,5)6/h18H,10-13H2,1-9H3,(H,27,31)(H,29,32)(H3,26,28,30). The molecule has 1 atom stereocenters. The van der Waals surface area contributed by atoms with Crippen LogP contribution >= 0.6 is 0 Å². The zero-order valence-corrected chi connectivity index (χ0v) is 24.1. The molecule has 0 bridgehead atoms. The van der Waals surface area contributed by atoms with Gasteiger partial charge in [0.15, 0.2) is 0 Å². The minimum Gasteiger partial charge on any atom is -0.487 e. The Labute approximate surface area is 220 Å². The smallest absolute Gasteiger partial charge is 0.408 e. The molecule has 11 nitrogen and oxygen atoms in total. The number of guanidine groups is 1. The number of fused-ring (bicyclic) bond motifs is 1. The number of amides is 2. The number of alkyl carbamates (subject to hydrolysis) is 1. The van der Waals surface area contributed by atoms with Gasteiger partial charge < -0.3 is 25.8 Å². The van der Waals surface area contributed by atoms with Crippen LogP contribution in [0.25, 0.3) is 0 Å². The molecule has 1 heterocycles. The quantitative estimate of drug-likeness (QED) is 0.224. The summed E-state index contributed by atoms with van der Waals surface area (Å²) in [6.45, 7) is 14.6. The number of sulfonamides is 1. The number of ether oxygens (including phenoxy) is 2. The summed E-state index contributed by atoms with van der Waals surface area (Å²) in [5, 5.41) is 5.04. The third-order valence-electron chi connectivity index (χ3n) is 5.99. The molecule has 37 heavy (non-hydrogen) atoms. The maximum atomic E-state index is 13.3. The Morgan fingerprint density at radius 1 is 1.16 bits per heavy atom. The number of nitrogens with one attached hydrogen (secondary N) is 3. The Bertz CT molecular complexity index is 1190. The van der Waals surface area contributed by atoms with Crippen LogP contribution in [0.1, 0.15) is 69.7 Å². The summed E-state index contributed by atoms with van der Waals surface area (Å²) in [6, 6.07) is -0.834. The van der Waals surface area contributed by atoms with E-state index in [0.29, 0.717) is 24.0 Å². The lowest BCUT2D eigenvalue weighted by molar-refractivity contribution is -0.122. The molecule has 1 aliphatic rings. The average Bonchev–Trinajstić information content (AvgIpc) is 3.08. The predicted molar refractivity (Wildman–Crippen MR) is 142 cm³/mol. The highest BCUT2D eigenvalue weighted by Gasteiger charge is 2.36. The van der Waals surface area contributed by atoms with Crippen molar-refractivity contribution in [2.45, 2.75) is 96.8 Å². The molecule has 2 rings (SSSR count). The molecule has 0 fully saturated rings. The van der Waals surface area contributed by atoms with E-state index in [0.717, 1.165) is 16.9 Å². The SMILES string of the molecule is CNC(=O)C(CCCN=C(N)NS(=O)(=O)c1c(C)c(C)c2c(c1C)CC(C)(C)O2)NC(=O)OC(C)(C)C. The lowest BCUT2D eigenvalue weighted by Gasteiger charge is -2.22. The number of hydrogen-bond donors (Lipinski definition) is 4. The summed E-state index contributed by atoms with van der Waals surface area (Å²) in [7, 11) is -2.54. The second-order valence-corrected chi connectivity index (χ2v) is 12.5. The van der Waals surface area contributed by atoms with Crippen molar-refractivity contribution in [3.05, 3.63) is 22.3 Å². The van der Waals surface area contributed by atoms with E-state index in [2.05, 4.69) is 20.3 Å². The highest BCUT2D eigenvalue weighted by molar-refractivity contribution is 7.90. The molecule has 1 unspecified atom stereocenters. The third-order valence-corrected chi connectivity index (χ3v) is 7.61. The van der Waals surface area contributed by atoms with Crippen molar-refractivity contribution in [1.82, 2.24) is 15.4 Å². The van der Waals surface area contributed by atoms with Gasteiger partial charge in [-0.2, -0.15) is 0 Å². The third kappa shape index (κ3) is 7.73. The number of likely N-dealkylation sites (N-methyl/N-ethyl adjacent to an activating group) is 1. The molecular formula is C25H41N5O6S. The van der Waals surface area contributed by atoms with Gasteiger partial charge in [0.1, 0.15) is 23.0 Å². The monoisotopic (exact) mass is 539 g/mol. The molecule has 0 saturated carbocycles. The van der Waals surface area contributed by atoms with Crippen LogP contribution in [0.5, 0.6) is 5.75 Å². The van der Waals surface area contributed by atoms with E-state index in [1.165, 1.54) is 7.05 Å². The van der Waals surface area contributed by atoms with Gasteiger partial charge >= 0.3 is 6.09 Å². The molecule has 0 aromatic heterocycles. The molecule has 2 amide bonds. The molecular weight excluding hydrogens is 498 g/mol. The zero-order chi connectivity index (χ0) is 28.3. The van der Waals surface area contributed by atoms with Crippen molar-refractivity contribution in [2.75, 3.05) is 13.6 Å². The first-order valence-electron chi connectivity index (χ1n) is 12.2. The van der Waals surface area contributed by atoms with Crippen LogP contribution in [0.3, 0.4) is 0 Å². The largest absolute Gasteiger partial charge is 0.487 e. The number of carbonyl (C=O) groups excluding carboxylic acids is 2. The van der Waals surface area contributed by atoms with E-state index in [9.17, 15) is 18.0 Å². The molecule has 208 valence electrons. The molecule has 1 aromatic carbocycles. The van der Waals surface area contributed by atoms with Crippen molar-refractivity contribution in [1.29, 1.82) is 0 Å². The summed E-state index contributed by atoms with van der Waals surface area (Å²) < 4.78 is 40.2. The zero-order valence-electron chi connectivity index (χ0n) is 23.3. The fourth-order valence-electron chi connectivity index (χ4n) is 4.26. The minimum atomic E-state index is -4.01. The maximum absolute atomic E-state index is 13.3. The van der Waals surface area contributed by atoms with Gasteiger partial charge in [-0.25, -0.2) is 17.9 Å². The van der Waals surface area contributed by atoms with Crippen molar-refractivity contribution in [3.63, 3.8) is 0 Å². The highest BCUT2D eigenvalue weighted by Crippen LogP contribution is 2.43. The number of hydrogen-bond acceptors (Lipinski definition) is 7. The highest BCUT2D eigenvalue weighted by atomic mass is 32.2. The van der Waals surface area contributed by atoms with Crippen LogP contribution in [0.4, 0.5) is 4.79 Å². The van der Waals surface area contributed by atoms with Crippen molar-refractivity contribution >= 4 is 28.0 Å². The van der Waals surface area contributed by atoms with Gasteiger partial charge in [0.05, 0.1) is 4.90 Å². The number of benzene rings is 1. The molecule has 12 heteroatoms. The Kier molecular flexibility index (Phi) is 9.11. The van der Waals surface area contributed by atoms with E-state index >= 15 is 0 Å². The van der Waals surface area contributed by atoms with Crippen LogP contribution in [-0.2, 0) is 26.0 Å². The van der Waals surface area contributed by atoms with Gasteiger partial charge in [-0.3, -0.25) is 9.79 Å². The van der Waals surface area contributed by atoms with Gasteiger partial charge in [0.25, 0.3) is 10.0 Å². The van der Waals surface area contributed by atoms with E-state index in [1.807, 2.05) is 20.8 Å². The van der Waals surface area contributed by atoms with Gasteiger partial charge in [0.2, 0.25) is 11.9 Å². The first-order chi connectivity index (χ1) is 16.9. The Morgan fingerprint density at radius 3 is 2.35 bits per heavy atom. The molecule has 0 spiro atoms. The first kappa shape index (κ1) is 30.2. The summed E-state index contributed by atoms with van der Waals surface area (Å²) in [5.74, 6) is 0.102. The number of rotatable bonds is 8. The van der Waals surface area contributed by atoms with Gasteiger partial charge in [-0.1, -0.05) is 0 Å². The fraction of sp³-hybridized carbons (Fsp3) is 0.640. The van der Waals surface area contributed by atoms with Crippen LogP contribution in [0, 0.1) is 20.8 Å². The summed E-state index contributed by atoms with van der Waals surface area (Å²) in [4.78, 5) is 28.5. The second-order valence-electron chi connectivity index (χ2n) is 10.9. The lowest BCUT2D eigenvalue weighted by atomic mass is 9.94. The first-order valence-corrected chi connectivity index (χ1v) is 13.7.